The molecule has 0 saturated heterocycles. The average molecular weight is 481 g/mol. The molecule has 35 heavy (non-hydrogen) atoms. The number of nitrogens with one attached hydrogen (secondary N) is 2. The van der Waals surface area contributed by atoms with Crippen LogP contribution in [0.5, 0.6) is 0 Å². The monoisotopic (exact) mass is 480 g/mol. The topological polar surface area (TPSA) is 114 Å². The maximum Gasteiger partial charge on any atom is 0.407 e. The Labute approximate surface area is 205 Å². The highest BCUT2D eigenvalue weighted by atomic mass is 16.5. The molecule has 4 rings (SSSR count). The molecule has 0 spiro atoms. The zero-order chi connectivity index (χ0) is 25.0. The number of aliphatic carboxylic acids is 1. The molecule has 1 saturated carbocycles. The molecular formula is C27H32N2O6. The number of carboxylic acid groups (broad SMARTS) is 1. The third-order valence-corrected chi connectivity index (χ3v) is 7.09. The molecular weight excluding hydrogens is 448 g/mol. The summed E-state index contributed by atoms with van der Waals surface area (Å²) in [4.78, 5) is 37.1. The van der Waals surface area contributed by atoms with E-state index in [2.05, 4.69) is 34.9 Å². The summed E-state index contributed by atoms with van der Waals surface area (Å²) in [5, 5.41) is 14.9. The molecule has 8 nitrogen and oxygen atoms in total. The van der Waals surface area contributed by atoms with Gasteiger partial charge in [0, 0.05) is 25.5 Å². The zero-order valence-corrected chi connectivity index (χ0v) is 20.1. The largest absolute Gasteiger partial charge is 0.479 e. The SMILES string of the molecule is COCC(C)(NC(=O)CC(NC(=O)OCC1c2ccccc2-c2ccccc21)C1CCC1)C(=O)O. The first-order valence-corrected chi connectivity index (χ1v) is 12.0. The highest BCUT2D eigenvalue weighted by Crippen LogP contribution is 2.44. The number of alkyl carbamates (subject to hydrolysis) is 1. The van der Waals surface area contributed by atoms with Gasteiger partial charge < -0.3 is 25.2 Å². The van der Waals surface area contributed by atoms with Crippen molar-refractivity contribution in [1.82, 2.24) is 10.6 Å². The van der Waals surface area contributed by atoms with Gasteiger partial charge in [-0.1, -0.05) is 55.0 Å². The van der Waals surface area contributed by atoms with Gasteiger partial charge in [-0.3, -0.25) is 4.79 Å². The Bertz CT molecular complexity index is 1050. The van der Waals surface area contributed by atoms with Gasteiger partial charge in [0.2, 0.25) is 5.91 Å². The molecule has 8 heteroatoms. The fraction of sp³-hybridized carbons (Fsp3) is 0.444. The van der Waals surface area contributed by atoms with Crippen molar-refractivity contribution in [3.8, 4) is 11.1 Å². The van der Waals surface area contributed by atoms with Crippen molar-refractivity contribution < 1.29 is 29.0 Å². The Morgan fingerprint density at radius 1 is 1.06 bits per heavy atom. The lowest BCUT2D eigenvalue weighted by atomic mass is 9.78. The Morgan fingerprint density at radius 3 is 2.17 bits per heavy atom. The first-order valence-electron chi connectivity index (χ1n) is 12.0. The second-order valence-electron chi connectivity index (χ2n) is 9.59. The highest BCUT2D eigenvalue weighted by molar-refractivity contribution is 5.87. The van der Waals surface area contributed by atoms with Crippen molar-refractivity contribution in [2.75, 3.05) is 20.3 Å². The summed E-state index contributed by atoms with van der Waals surface area (Å²) in [5.74, 6) is -1.54. The number of benzene rings is 2. The van der Waals surface area contributed by atoms with Crippen LogP contribution in [0.2, 0.25) is 0 Å². The smallest absolute Gasteiger partial charge is 0.407 e. The quantitative estimate of drug-likeness (QED) is 0.478. The van der Waals surface area contributed by atoms with E-state index in [1.165, 1.54) is 14.0 Å². The molecule has 2 aliphatic carbocycles. The van der Waals surface area contributed by atoms with E-state index in [0.717, 1.165) is 41.5 Å². The van der Waals surface area contributed by atoms with Gasteiger partial charge in [0.25, 0.3) is 0 Å². The maximum absolute atomic E-state index is 12.8. The lowest BCUT2D eigenvalue weighted by Gasteiger charge is -2.34. The molecule has 2 atom stereocenters. The van der Waals surface area contributed by atoms with Crippen molar-refractivity contribution in [2.24, 2.45) is 5.92 Å². The first kappa shape index (κ1) is 24.7. The Kier molecular flexibility index (Phi) is 7.40. The number of carbonyl (C=O) groups is 3. The van der Waals surface area contributed by atoms with Gasteiger partial charge in [0.15, 0.2) is 5.54 Å². The minimum atomic E-state index is -1.54. The summed E-state index contributed by atoms with van der Waals surface area (Å²) < 4.78 is 10.6. The molecule has 1 fully saturated rings. The average Bonchev–Trinajstić information content (AvgIpc) is 3.10. The van der Waals surface area contributed by atoms with Crippen LogP contribution in [-0.4, -0.2) is 55.0 Å². The van der Waals surface area contributed by atoms with Crippen molar-refractivity contribution in [2.45, 2.75) is 50.1 Å². The molecule has 2 aliphatic rings. The van der Waals surface area contributed by atoms with Gasteiger partial charge in [-0.2, -0.15) is 0 Å². The van der Waals surface area contributed by atoms with Gasteiger partial charge in [-0.25, -0.2) is 9.59 Å². The summed E-state index contributed by atoms with van der Waals surface area (Å²) in [6.45, 7) is 1.42. The summed E-state index contributed by atoms with van der Waals surface area (Å²) in [6, 6.07) is 15.8. The second kappa shape index (κ2) is 10.5. The van der Waals surface area contributed by atoms with E-state index in [9.17, 15) is 19.5 Å². The van der Waals surface area contributed by atoms with Crippen molar-refractivity contribution in [1.29, 1.82) is 0 Å². The van der Waals surface area contributed by atoms with E-state index in [1.807, 2.05) is 24.3 Å². The van der Waals surface area contributed by atoms with Crippen LogP contribution in [0, 0.1) is 5.92 Å². The van der Waals surface area contributed by atoms with E-state index >= 15 is 0 Å². The number of hydrogen-bond donors (Lipinski definition) is 3. The van der Waals surface area contributed by atoms with Crippen LogP contribution >= 0.6 is 0 Å². The van der Waals surface area contributed by atoms with Gasteiger partial charge in [-0.15, -0.1) is 0 Å². The van der Waals surface area contributed by atoms with Gasteiger partial charge >= 0.3 is 12.1 Å². The predicted molar refractivity (Wildman–Crippen MR) is 130 cm³/mol. The normalized spacial score (nSPS) is 17.3. The standard InChI is InChI=1S/C27H32N2O6/c1-27(16-34-2,25(31)32)29-24(30)14-23(17-8-7-9-17)28-26(33)35-15-22-20-12-5-3-10-18(20)19-11-4-6-13-21(19)22/h3-6,10-13,17,22-23H,7-9,14-16H2,1-2H3,(H,28,33)(H,29,30)(H,31,32). The molecule has 2 aromatic carbocycles. The van der Waals surface area contributed by atoms with E-state index in [0.29, 0.717) is 0 Å². The maximum atomic E-state index is 12.8. The summed E-state index contributed by atoms with van der Waals surface area (Å²) in [5.41, 5.74) is 3.02. The minimum absolute atomic E-state index is 0.0263. The minimum Gasteiger partial charge on any atom is -0.479 e. The summed E-state index contributed by atoms with van der Waals surface area (Å²) >= 11 is 0. The van der Waals surface area contributed by atoms with Crippen LogP contribution in [0.4, 0.5) is 4.79 Å². The number of hydrogen-bond acceptors (Lipinski definition) is 5. The Morgan fingerprint density at radius 2 is 1.66 bits per heavy atom. The second-order valence-corrected chi connectivity index (χ2v) is 9.59. The molecule has 0 radical (unpaired) electrons. The van der Waals surface area contributed by atoms with Crippen LogP contribution in [0.25, 0.3) is 11.1 Å². The number of methoxy groups -OCH3 is 1. The van der Waals surface area contributed by atoms with Crippen LogP contribution in [-0.2, 0) is 19.1 Å². The fourth-order valence-electron chi connectivity index (χ4n) is 4.97. The van der Waals surface area contributed by atoms with Crippen molar-refractivity contribution >= 4 is 18.0 Å². The van der Waals surface area contributed by atoms with Crippen molar-refractivity contribution in [3.63, 3.8) is 0 Å². The third-order valence-electron chi connectivity index (χ3n) is 7.09. The fourth-order valence-corrected chi connectivity index (χ4v) is 4.97. The molecule has 2 unspecified atom stereocenters. The number of rotatable bonds is 10. The van der Waals surface area contributed by atoms with Gasteiger partial charge in [-0.05, 0) is 47.9 Å². The van der Waals surface area contributed by atoms with Crippen molar-refractivity contribution in [3.05, 3.63) is 59.7 Å². The third kappa shape index (κ3) is 5.32. The lowest BCUT2D eigenvalue weighted by molar-refractivity contribution is -0.149. The van der Waals surface area contributed by atoms with Gasteiger partial charge in [0.1, 0.15) is 6.61 Å². The van der Waals surface area contributed by atoms with Crippen LogP contribution < -0.4 is 10.6 Å². The highest BCUT2D eigenvalue weighted by Gasteiger charge is 2.37. The van der Waals surface area contributed by atoms with Gasteiger partial charge in [0.05, 0.1) is 6.61 Å². The van der Waals surface area contributed by atoms with E-state index < -0.39 is 29.6 Å². The molecule has 0 aromatic heterocycles. The molecule has 0 aliphatic heterocycles. The molecule has 186 valence electrons. The number of carboxylic acids is 1. The first-order chi connectivity index (χ1) is 16.8. The summed E-state index contributed by atoms with van der Waals surface area (Å²) in [6.07, 6.45) is 2.23. The zero-order valence-electron chi connectivity index (χ0n) is 20.1. The number of ether oxygens (including phenoxy) is 2. The molecule has 2 aromatic rings. The van der Waals surface area contributed by atoms with Crippen LogP contribution in [0.3, 0.4) is 0 Å². The number of fused-ring (bicyclic) bond motifs is 3. The summed E-state index contributed by atoms with van der Waals surface area (Å²) in [7, 11) is 1.38. The Hall–Kier alpha value is -3.39. The predicted octanol–water partition coefficient (Wildman–Crippen LogP) is 3.69. The molecule has 0 bridgehead atoms. The van der Waals surface area contributed by atoms with Crippen LogP contribution in [0.15, 0.2) is 48.5 Å². The Balaban J connectivity index is 1.38. The van der Waals surface area contributed by atoms with E-state index in [4.69, 9.17) is 9.47 Å². The van der Waals surface area contributed by atoms with E-state index in [-0.39, 0.29) is 31.5 Å². The molecule has 3 N–H and O–H groups in total. The molecule has 0 heterocycles. The number of carbonyl (C=O) groups excluding carboxylic acids is 2. The number of amides is 2. The van der Waals surface area contributed by atoms with Crippen LogP contribution in [0.1, 0.15) is 49.7 Å². The lowest BCUT2D eigenvalue weighted by Crippen LogP contribution is -2.57. The van der Waals surface area contributed by atoms with E-state index in [1.54, 1.807) is 0 Å². The molecule has 2 amide bonds.